The summed E-state index contributed by atoms with van der Waals surface area (Å²) >= 11 is 0. The van der Waals surface area contributed by atoms with Crippen molar-refractivity contribution in [2.24, 2.45) is 11.8 Å². The van der Waals surface area contributed by atoms with E-state index < -0.39 is 0 Å². The highest BCUT2D eigenvalue weighted by atomic mass is 16.5. The molecule has 32 heavy (non-hydrogen) atoms. The first-order chi connectivity index (χ1) is 15.8. The molecule has 2 aromatic rings. The van der Waals surface area contributed by atoms with E-state index in [-0.39, 0.29) is 5.91 Å². The number of ether oxygens (including phenoxy) is 1. The molecule has 2 fully saturated rings. The van der Waals surface area contributed by atoms with Crippen LogP contribution in [0.3, 0.4) is 0 Å². The van der Waals surface area contributed by atoms with Crippen LogP contribution in [0.25, 0.3) is 0 Å². The number of nitrogens with zero attached hydrogens (tertiary/aromatic N) is 2. The van der Waals surface area contributed by atoms with Gasteiger partial charge in [-0.2, -0.15) is 0 Å². The molecule has 2 bridgehead atoms. The predicted molar refractivity (Wildman–Crippen MR) is 126 cm³/mol. The summed E-state index contributed by atoms with van der Waals surface area (Å²) in [6, 6.07) is 14.8. The Kier molecular flexibility index (Phi) is 8.65. The molecule has 3 atom stereocenters. The van der Waals surface area contributed by atoms with Gasteiger partial charge in [0, 0.05) is 51.0 Å². The molecule has 0 unspecified atom stereocenters. The standard InChI is InChI=1S/C26H36N4O2/c31-26(28-12-13-32-20-21-6-2-1-3-7-21)10-4-9-25-24-14-23(16-29-25)18-30(19-24)17-22-8-5-11-27-15-22/h1-3,5-8,11,15,23-25,29H,4,9-10,12-14,16-20H2,(H,28,31)/t23-,24+,25+/m0/s1. The van der Waals surface area contributed by atoms with Gasteiger partial charge in [-0.3, -0.25) is 14.7 Å². The summed E-state index contributed by atoms with van der Waals surface area (Å²) in [5.74, 6) is 1.54. The number of likely N-dealkylation sites (tertiary alicyclic amines) is 1. The molecular formula is C26H36N4O2. The first kappa shape index (κ1) is 22.9. The highest BCUT2D eigenvalue weighted by molar-refractivity contribution is 5.75. The van der Waals surface area contributed by atoms with Gasteiger partial charge in [-0.1, -0.05) is 36.4 Å². The lowest BCUT2D eigenvalue weighted by atomic mass is 9.79. The van der Waals surface area contributed by atoms with Crippen LogP contribution in [0.15, 0.2) is 54.9 Å². The number of amides is 1. The molecule has 3 heterocycles. The zero-order valence-electron chi connectivity index (χ0n) is 18.9. The van der Waals surface area contributed by atoms with Crippen molar-refractivity contribution >= 4 is 5.91 Å². The second-order valence-corrected chi connectivity index (χ2v) is 9.21. The number of rotatable bonds is 11. The van der Waals surface area contributed by atoms with Crippen LogP contribution in [-0.2, 0) is 22.7 Å². The normalized spacial score (nSPS) is 23.1. The van der Waals surface area contributed by atoms with Crippen molar-refractivity contribution in [1.29, 1.82) is 0 Å². The lowest BCUT2D eigenvalue weighted by Crippen LogP contribution is -2.55. The number of piperidine rings is 2. The number of fused-ring (bicyclic) bond motifs is 2. The molecule has 2 aliphatic heterocycles. The van der Waals surface area contributed by atoms with E-state index in [1.165, 1.54) is 18.5 Å². The monoisotopic (exact) mass is 436 g/mol. The molecule has 6 heteroatoms. The topological polar surface area (TPSA) is 66.5 Å². The van der Waals surface area contributed by atoms with Crippen molar-refractivity contribution in [3.63, 3.8) is 0 Å². The molecule has 2 saturated heterocycles. The third kappa shape index (κ3) is 7.12. The first-order valence-corrected chi connectivity index (χ1v) is 12.0. The Bertz CT molecular complexity index is 817. The van der Waals surface area contributed by atoms with E-state index in [0.29, 0.717) is 38.1 Å². The Balaban J connectivity index is 1.10. The van der Waals surface area contributed by atoms with Crippen LogP contribution in [0.2, 0.25) is 0 Å². The van der Waals surface area contributed by atoms with Gasteiger partial charge in [-0.15, -0.1) is 0 Å². The van der Waals surface area contributed by atoms with Gasteiger partial charge in [0.2, 0.25) is 5.91 Å². The average Bonchev–Trinajstić information content (AvgIpc) is 2.82. The molecule has 0 spiro atoms. The first-order valence-electron chi connectivity index (χ1n) is 12.0. The smallest absolute Gasteiger partial charge is 0.220 e. The van der Waals surface area contributed by atoms with E-state index in [1.807, 2.05) is 48.8 Å². The highest BCUT2D eigenvalue weighted by Gasteiger charge is 2.36. The SMILES string of the molecule is O=C(CCC[C@H]1NC[C@@H]2C[C@@H]1CN(Cc1cccnc1)C2)NCCOCc1ccccc1. The van der Waals surface area contributed by atoms with Crippen molar-refractivity contribution in [3.8, 4) is 0 Å². The van der Waals surface area contributed by atoms with Crippen LogP contribution in [0.1, 0.15) is 36.8 Å². The number of benzene rings is 1. The van der Waals surface area contributed by atoms with Gasteiger partial charge in [0.05, 0.1) is 13.2 Å². The summed E-state index contributed by atoms with van der Waals surface area (Å²) in [6.45, 7) is 6.08. The minimum atomic E-state index is 0.129. The van der Waals surface area contributed by atoms with Gasteiger partial charge < -0.3 is 15.4 Å². The van der Waals surface area contributed by atoms with E-state index in [1.54, 1.807) is 0 Å². The molecule has 6 nitrogen and oxygen atoms in total. The molecule has 172 valence electrons. The van der Waals surface area contributed by atoms with Gasteiger partial charge >= 0.3 is 0 Å². The predicted octanol–water partition coefficient (Wildman–Crippen LogP) is 2.99. The average molecular weight is 437 g/mol. The van der Waals surface area contributed by atoms with E-state index in [4.69, 9.17) is 4.74 Å². The van der Waals surface area contributed by atoms with Crippen LogP contribution < -0.4 is 10.6 Å². The number of carbonyl (C=O) groups is 1. The maximum atomic E-state index is 12.2. The molecule has 0 saturated carbocycles. The molecule has 4 rings (SSSR count). The quantitative estimate of drug-likeness (QED) is 0.530. The number of hydrogen-bond donors (Lipinski definition) is 2. The summed E-state index contributed by atoms with van der Waals surface area (Å²) in [5.41, 5.74) is 2.45. The number of pyridine rings is 1. The lowest BCUT2D eigenvalue weighted by molar-refractivity contribution is -0.121. The molecule has 0 radical (unpaired) electrons. The van der Waals surface area contributed by atoms with Gasteiger partial charge in [0.25, 0.3) is 0 Å². The maximum Gasteiger partial charge on any atom is 0.220 e. The zero-order valence-corrected chi connectivity index (χ0v) is 18.9. The third-order valence-corrected chi connectivity index (χ3v) is 6.61. The van der Waals surface area contributed by atoms with Gasteiger partial charge in [0.1, 0.15) is 0 Å². The van der Waals surface area contributed by atoms with E-state index in [9.17, 15) is 4.79 Å². The van der Waals surface area contributed by atoms with Crippen molar-refractivity contribution in [2.45, 2.75) is 44.9 Å². The Labute approximate surface area is 191 Å². The fourth-order valence-corrected chi connectivity index (χ4v) is 5.09. The number of aromatic nitrogens is 1. The summed E-state index contributed by atoms with van der Waals surface area (Å²) < 4.78 is 5.63. The fourth-order valence-electron chi connectivity index (χ4n) is 5.09. The maximum absolute atomic E-state index is 12.2. The highest BCUT2D eigenvalue weighted by Crippen LogP contribution is 2.31. The largest absolute Gasteiger partial charge is 0.375 e. The van der Waals surface area contributed by atoms with Crippen molar-refractivity contribution in [1.82, 2.24) is 20.5 Å². The minimum Gasteiger partial charge on any atom is -0.375 e. The summed E-state index contributed by atoms with van der Waals surface area (Å²) in [4.78, 5) is 19.0. The summed E-state index contributed by atoms with van der Waals surface area (Å²) in [5, 5.41) is 6.75. The molecule has 1 amide bonds. The van der Waals surface area contributed by atoms with E-state index in [2.05, 4.69) is 26.6 Å². The van der Waals surface area contributed by atoms with Crippen LogP contribution in [0.4, 0.5) is 0 Å². The van der Waals surface area contributed by atoms with Crippen LogP contribution in [0.5, 0.6) is 0 Å². The molecule has 1 aromatic heterocycles. The lowest BCUT2D eigenvalue weighted by Gasteiger charge is -2.46. The number of nitrogens with one attached hydrogen (secondary N) is 2. The van der Waals surface area contributed by atoms with Crippen LogP contribution in [0, 0.1) is 11.8 Å². The Morgan fingerprint density at radius 1 is 1.16 bits per heavy atom. The molecule has 0 aliphatic carbocycles. The summed E-state index contributed by atoms with van der Waals surface area (Å²) in [7, 11) is 0. The van der Waals surface area contributed by atoms with E-state index in [0.717, 1.165) is 44.0 Å². The van der Waals surface area contributed by atoms with E-state index >= 15 is 0 Å². The second-order valence-electron chi connectivity index (χ2n) is 9.21. The Morgan fingerprint density at radius 2 is 2.03 bits per heavy atom. The summed E-state index contributed by atoms with van der Waals surface area (Å²) in [6.07, 6.45) is 7.71. The molecule has 2 aliphatic rings. The molecule has 1 aromatic carbocycles. The van der Waals surface area contributed by atoms with Gasteiger partial charge in [-0.25, -0.2) is 0 Å². The zero-order chi connectivity index (χ0) is 22.0. The number of hydrogen-bond acceptors (Lipinski definition) is 5. The van der Waals surface area contributed by atoms with Gasteiger partial charge in [0.15, 0.2) is 0 Å². The van der Waals surface area contributed by atoms with Crippen molar-refractivity contribution < 1.29 is 9.53 Å². The second kappa shape index (κ2) is 12.1. The number of carbonyl (C=O) groups excluding carboxylic acids is 1. The fraction of sp³-hybridized carbons (Fsp3) is 0.538. The Morgan fingerprint density at radius 3 is 2.88 bits per heavy atom. The molecular weight excluding hydrogens is 400 g/mol. The van der Waals surface area contributed by atoms with Crippen molar-refractivity contribution in [2.75, 3.05) is 32.8 Å². The van der Waals surface area contributed by atoms with Crippen LogP contribution >= 0.6 is 0 Å². The third-order valence-electron chi connectivity index (χ3n) is 6.61. The van der Waals surface area contributed by atoms with Crippen LogP contribution in [-0.4, -0.2) is 54.6 Å². The van der Waals surface area contributed by atoms with Gasteiger partial charge in [-0.05, 0) is 54.8 Å². The minimum absolute atomic E-state index is 0.129. The van der Waals surface area contributed by atoms with Crippen molar-refractivity contribution in [3.05, 3.63) is 66.0 Å². The Hall–Kier alpha value is -2.28. The molecule has 2 N–H and O–H groups in total.